The lowest BCUT2D eigenvalue weighted by Gasteiger charge is -2.63. The zero-order chi connectivity index (χ0) is 16.1. The van der Waals surface area contributed by atoms with Gasteiger partial charge in [0, 0.05) is 11.3 Å². The van der Waals surface area contributed by atoms with E-state index in [2.05, 4.69) is 13.5 Å². The molecule has 4 nitrogen and oxygen atoms in total. The van der Waals surface area contributed by atoms with Crippen LogP contribution < -0.4 is 0 Å². The lowest BCUT2D eigenvalue weighted by atomic mass is 9.42. The normalized spacial score (nSPS) is 60.2. The van der Waals surface area contributed by atoms with Gasteiger partial charge in [0.2, 0.25) is 0 Å². The van der Waals surface area contributed by atoms with E-state index in [-0.39, 0.29) is 40.7 Å². The Kier molecular flexibility index (Phi) is 2.65. The summed E-state index contributed by atoms with van der Waals surface area (Å²) < 4.78 is 5.72. The van der Waals surface area contributed by atoms with Crippen LogP contribution in [-0.4, -0.2) is 34.5 Å². The predicted octanol–water partition coefficient (Wildman–Crippen LogP) is 2.04. The fraction of sp³-hybridized carbons (Fsp3) is 0.842. The monoisotopic (exact) mass is 318 g/mol. The zero-order valence-corrected chi connectivity index (χ0v) is 13.7. The second-order valence-corrected chi connectivity index (χ2v) is 9.13. The number of ether oxygens (including phenoxy) is 1. The highest BCUT2D eigenvalue weighted by molar-refractivity contribution is 5.76. The molecule has 2 bridgehead atoms. The summed E-state index contributed by atoms with van der Waals surface area (Å²) in [6, 6.07) is 0. The van der Waals surface area contributed by atoms with Crippen LogP contribution in [0.5, 0.6) is 0 Å². The molecule has 4 saturated carbocycles. The molecule has 5 aliphatic rings. The number of aliphatic hydroxyl groups is 2. The van der Waals surface area contributed by atoms with Crippen molar-refractivity contribution in [2.24, 2.45) is 34.5 Å². The molecule has 0 amide bonds. The smallest absolute Gasteiger partial charge is 0.309 e. The van der Waals surface area contributed by atoms with Gasteiger partial charge in [-0.2, -0.15) is 0 Å². The van der Waals surface area contributed by atoms with Crippen LogP contribution in [0.2, 0.25) is 0 Å². The maximum Gasteiger partial charge on any atom is 0.309 e. The van der Waals surface area contributed by atoms with Gasteiger partial charge in [0.15, 0.2) is 0 Å². The highest BCUT2D eigenvalue weighted by Crippen LogP contribution is 2.72. The predicted molar refractivity (Wildman–Crippen MR) is 83.2 cm³/mol. The first-order chi connectivity index (χ1) is 10.9. The van der Waals surface area contributed by atoms with Crippen LogP contribution in [0.3, 0.4) is 0 Å². The highest BCUT2D eigenvalue weighted by Gasteiger charge is 2.73. The van der Waals surface area contributed by atoms with Crippen molar-refractivity contribution in [3.8, 4) is 0 Å². The van der Waals surface area contributed by atoms with Crippen LogP contribution in [-0.2, 0) is 9.53 Å². The van der Waals surface area contributed by atoms with E-state index >= 15 is 0 Å². The maximum absolute atomic E-state index is 12.4. The summed E-state index contributed by atoms with van der Waals surface area (Å²) in [7, 11) is 0. The second kappa shape index (κ2) is 4.20. The number of hydrogen-bond acceptors (Lipinski definition) is 4. The minimum Gasteiger partial charge on any atom is -0.459 e. The number of rotatable bonds is 0. The summed E-state index contributed by atoms with van der Waals surface area (Å²) in [6.45, 7) is 6.48. The molecule has 4 aliphatic carbocycles. The third kappa shape index (κ3) is 1.49. The lowest BCUT2D eigenvalue weighted by Crippen LogP contribution is -2.67. The molecule has 9 unspecified atom stereocenters. The Balaban J connectivity index is 1.70. The summed E-state index contributed by atoms with van der Waals surface area (Å²) in [5.74, 6) is 0.226. The summed E-state index contributed by atoms with van der Waals surface area (Å²) in [4.78, 5) is 12.4. The number of hydrogen-bond donors (Lipinski definition) is 2. The van der Waals surface area contributed by atoms with Gasteiger partial charge in [-0.25, -0.2) is 0 Å². The molecule has 2 N–H and O–H groups in total. The van der Waals surface area contributed by atoms with Gasteiger partial charge < -0.3 is 14.9 Å². The van der Waals surface area contributed by atoms with Crippen LogP contribution in [0.1, 0.15) is 45.4 Å². The van der Waals surface area contributed by atoms with E-state index in [9.17, 15) is 15.0 Å². The molecule has 23 heavy (non-hydrogen) atoms. The van der Waals surface area contributed by atoms with E-state index < -0.39 is 12.2 Å². The molecule has 5 fully saturated rings. The number of esters is 1. The topological polar surface area (TPSA) is 66.8 Å². The fourth-order valence-electron chi connectivity index (χ4n) is 7.67. The van der Waals surface area contributed by atoms with Crippen LogP contribution in [0.4, 0.5) is 0 Å². The number of fused-ring (bicyclic) bond motifs is 2. The Morgan fingerprint density at radius 2 is 2.13 bits per heavy atom. The van der Waals surface area contributed by atoms with Crippen LogP contribution in [0, 0.1) is 34.5 Å². The van der Waals surface area contributed by atoms with Crippen molar-refractivity contribution in [3.63, 3.8) is 0 Å². The first kappa shape index (κ1) is 14.5. The Bertz CT molecular complexity index is 600. The number of aliphatic hydroxyl groups excluding tert-OH is 2. The summed E-state index contributed by atoms with van der Waals surface area (Å²) in [5, 5.41) is 22.2. The lowest BCUT2D eigenvalue weighted by molar-refractivity contribution is -0.238. The van der Waals surface area contributed by atoms with Gasteiger partial charge in [-0.1, -0.05) is 25.5 Å². The minimum absolute atomic E-state index is 0.0547. The number of allylic oxidation sites excluding steroid dienone is 1. The van der Waals surface area contributed by atoms with Crippen LogP contribution in [0.15, 0.2) is 12.2 Å². The van der Waals surface area contributed by atoms with Crippen molar-refractivity contribution in [2.45, 2.75) is 63.8 Å². The molecule has 1 spiro atoms. The van der Waals surface area contributed by atoms with Crippen molar-refractivity contribution in [1.82, 2.24) is 0 Å². The minimum atomic E-state index is -0.658. The highest BCUT2D eigenvalue weighted by atomic mass is 16.6. The van der Waals surface area contributed by atoms with Crippen molar-refractivity contribution in [3.05, 3.63) is 12.2 Å². The van der Waals surface area contributed by atoms with E-state index in [4.69, 9.17) is 4.74 Å². The largest absolute Gasteiger partial charge is 0.459 e. The molecule has 1 heterocycles. The van der Waals surface area contributed by atoms with Crippen molar-refractivity contribution < 1.29 is 19.7 Å². The van der Waals surface area contributed by atoms with Crippen LogP contribution in [0.25, 0.3) is 0 Å². The second-order valence-electron chi connectivity index (χ2n) is 9.13. The van der Waals surface area contributed by atoms with Gasteiger partial charge in [0.1, 0.15) is 6.10 Å². The fourth-order valence-corrected chi connectivity index (χ4v) is 7.67. The van der Waals surface area contributed by atoms with Gasteiger partial charge >= 0.3 is 5.97 Å². The van der Waals surface area contributed by atoms with E-state index in [1.807, 2.05) is 0 Å². The van der Waals surface area contributed by atoms with Gasteiger partial charge in [0.25, 0.3) is 0 Å². The quantitative estimate of drug-likeness (QED) is 0.530. The molecule has 1 aliphatic heterocycles. The zero-order valence-electron chi connectivity index (χ0n) is 13.7. The number of carbonyl (C=O) groups excluding carboxylic acids is 1. The maximum atomic E-state index is 12.4. The Labute approximate surface area is 136 Å². The molecule has 0 aromatic rings. The molecule has 0 aromatic carbocycles. The van der Waals surface area contributed by atoms with Crippen molar-refractivity contribution in [1.29, 1.82) is 0 Å². The molecule has 0 radical (unpaired) electrons. The Morgan fingerprint density at radius 3 is 2.91 bits per heavy atom. The van der Waals surface area contributed by atoms with Crippen LogP contribution >= 0.6 is 0 Å². The first-order valence-corrected chi connectivity index (χ1v) is 9.13. The molecule has 0 aromatic heterocycles. The Hall–Kier alpha value is -0.870. The summed E-state index contributed by atoms with van der Waals surface area (Å²) >= 11 is 0. The third-order valence-corrected chi connectivity index (χ3v) is 8.24. The summed E-state index contributed by atoms with van der Waals surface area (Å²) in [6.07, 6.45) is 3.91. The van der Waals surface area contributed by atoms with E-state index in [0.29, 0.717) is 5.92 Å². The molecule has 126 valence electrons. The molecular weight excluding hydrogens is 292 g/mol. The molecule has 1 saturated heterocycles. The van der Waals surface area contributed by atoms with Crippen molar-refractivity contribution in [2.75, 3.05) is 0 Å². The number of carbonyl (C=O) groups is 1. The van der Waals surface area contributed by atoms with Gasteiger partial charge in [-0.3, -0.25) is 4.79 Å². The van der Waals surface area contributed by atoms with Gasteiger partial charge in [-0.15, -0.1) is 0 Å². The third-order valence-electron chi connectivity index (χ3n) is 8.24. The van der Waals surface area contributed by atoms with E-state index in [0.717, 1.165) is 38.5 Å². The van der Waals surface area contributed by atoms with Gasteiger partial charge in [-0.05, 0) is 49.4 Å². The first-order valence-electron chi connectivity index (χ1n) is 9.13. The molecule has 9 atom stereocenters. The van der Waals surface area contributed by atoms with E-state index in [1.165, 1.54) is 5.57 Å². The molecule has 5 rings (SSSR count). The molecule has 4 heteroatoms. The van der Waals surface area contributed by atoms with Crippen molar-refractivity contribution >= 4 is 5.97 Å². The average molecular weight is 318 g/mol. The van der Waals surface area contributed by atoms with E-state index in [1.54, 1.807) is 0 Å². The standard InChI is InChI=1S/C19H26O4/c1-9-7-19-8-10(9)6-12(20)15(19)18(2)5-3-4-11-13(18)14(16(19)21)23-17(11)22/h10-16,20-21H,1,3-8H2,2H3. The Morgan fingerprint density at radius 1 is 1.35 bits per heavy atom. The SMILES string of the molecule is C=C1CC23CC1CC(O)C2C1(C)CCCC2C(=O)OC(C21)C3O. The average Bonchev–Trinajstić information content (AvgIpc) is 2.95. The van der Waals surface area contributed by atoms with Gasteiger partial charge in [0.05, 0.1) is 18.1 Å². The molecular formula is C19H26O4. The summed E-state index contributed by atoms with van der Waals surface area (Å²) in [5.41, 5.74) is 0.708.